The molecule has 1 aliphatic carbocycles. The standard InChI is InChI=1S/C23H27FN6O4S/c24-14-9-18-20(25-11-14)29(17-5-7-35-8-6-17)23(34)30(22(18)33)16-3-1-15(2-4-16)27-21(32)19-13(12-31)10-26-28-19/h9-11,15-17,31H,1-8,12H2,(H,26,28)(H,27,32). The molecule has 1 saturated heterocycles. The molecular weight excluding hydrogens is 475 g/mol. The molecule has 0 unspecified atom stereocenters. The van der Waals surface area contributed by atoms with E-state index in [1.807, 2.05) is 11.8 Å². The van der Waals surface area contributed by atoms with Gasteiger partial charge in [-0.2, -0.15) is 16.9 Å². The van der Waals surface area contributed by atoms with Gasteiger partial charge in [0.05, 0.1) is 18.2 Å². The van der Waals surface area contributed by atoms with Crippen LogP contribution in [-0.4, -0.2) is 52.9 Å². The van der Waals surface area contributed by atoms with Crippen LogP contribution in [0.1, 0.15) is 66.7 Å². The van der Waals surface area contributed by atoms with E-state index in [0.29, 0.717) is 31.2 Å². The van der Waals surface area contributed by atoms with Crippen LogP contribution < -0.4 is 16.6 Å². The van der Waals surface area contributed by atoms with Gasteiger partial charge >= 0.3 is 5.69 Å². The summed E-state index contributed by atoms with van der Waals surface area (Å²) < 4.78 is 16.9. The first-order valence-electron chi connectivity index (χ1n) is 11.8. The second-order valence-corrected chi connectivity index (χ2v) is 10.3. The Kier molecular flexibility index (Phi) is 6.74. The van der Waals surface area contributed by atoms with E-state index in [0.717, 1.165) is 30.5 Å². The number of rotatable bonds is 5. The maximum atomic E-state index is 14.0. The average molecular weight is 503 g/mol. The van der Waals surface area contributed by atoms with Crippen LogP contribution in [0.5, 0.6) is 0 Å². The van der Waals surface area contributed by atoms with Crippen molar-refractivity contribution >= 4 is 28.7 Å². The normalized spacial score (nSPS) is 21.3. The van der Waals surface area contributed by atoms with E-state index in [1.165, 1.54) is 16.8 Å². The van der Waals surface area contributed by atoms with Crippen molar-refractivity contribution < 1.29 is 14.3 Å². The number of carbonyl (C=O) groups is 1. The van der Waals surface area contributed by atoms with Crippen LogP contribution in [0.4, 0.5) is 4.39 Å². The molecule has 0 aromatic carbocycles. The summed E-state index contributed by atoms with van der Waals surface area (Å²) in [6, 6.07) is 0.595. The molecule has 3 N–H and O–H groups in total. The Bertz CT molecular complexity index is 1350. The number of nitrogens with one attached hydrogen (secondary N) is 2. The SMILES string of the molecule is O=C(NC1CCC(n2c(=O)c3cc(F)cnc3n(C3CCSCC3)c2=O)CC1)c1n[nH]cc1CO. The van der Waals surface area contributed by atoms with Crippen LogP contribution in [0.25, 0.3) is 11.0 Å². The fourth-order valence-electron chi connectivity index (χ4n) is 5.16. The summed E-state index contributed by atoms with van der Waals surface area (Å²) >= 11 is 1.83. The highest BCUT2D eigenvalue weighted by Crippen LogP contribution is 2.30. The molecule has 5 rings (SSSR count). The molecule has 10 nitrogen and oxygen atoms in total. The van der Waals surface area contributed by atoms with Crippen molar-refractivity contribution in [2.45, 2.75) is 63.3 Å². The van der Waals surface area contributed by atoms with Gasteiger partial charge in [0, 0.05) is 29.9 Å². The molecule has 0 spiro atoms. The molecule has 4 heterocycles. The number of H-pyrrole nitrogens is 1. The first kappa shape index (κ1) is 23.7. The van der Waals surface area contributed by atoms with Crippen LogP contribution in [0.3, 0.4) is 0 Å². The highest BCUT2D eigenvalue weighted by molar-refractivity contribution is 7.99. The number of aromatic nitrogens is 5. The monoisotopic (exact) mass is 502 g/mol. The van der Waals surface area contributed by atoms with Crippen LogP contribution >= 0.6 is 11.8 Å². The molecule has 12 heteroatoms. The largest absolute Gasteiger partial charge is 0.392 e. The Hall–Kier alpha value is -2.99. The minimum absolute atomic E-state index is 0.0822. The molecule has 0 radical (unpaired) electrons. The number of aliphatic hydroxyl groups is 1. The van der Waals surface area contributed by atoms with Gasteiger partial charge in [0.1, 0.15) is 11.5 Å². The van der Waals surface area contributed by atoms with Crippen LogP contribution in [0, 0.1) is 5.82 Å². The zero-order chi connectivity index (χ0) is 24.5. The topological polar surface area (TPSA) is 135 Å². The van der Waals surface area contributed by atoms with Crippen molar-refractivity contribution in [3.8, 4) is 0 Å². The summed E-state index contributed by atoms with van der Waals surface area (Å²) in [6.07, 6.45) is 6.28. The molecule has 3 aromatic rings. The summed E-state index contributed by atoms with van der Waals surface area (Å²) in [6.45, 7) is -0.293. The third kappa shape index (κ3) is 4.52. The lowest BCUT2D eigenvalue weighted by atomic mass is 9.90. The van der Waals surface area contributed by atoms with Gasteiger partial charge in [0.15, 0.2) is 5.69 Å². The highest BCUT2D eigenvalue weighted by atomic mass is 32.2. The number of hydrogen-bond acceptors (Lipinski definition) is 7. The Balaban J connectivity index is 1.42. The van der Waals surface area contributed by atoms with E-state index in [1.54, 1.807) is 4.57 Å². The van der Waals surface area contributed by atoms with Crippen LogP contribution in [-0.2, 0) is 6.61 Å². The molecule has 1 saturated carbocycles. The van der Waals surface area contributed by atoms with Crippen molar-refractivity contribution in [3.63, 3.8) is 0 Å². The molecule has 186 valence electrons. The summed E-state index contributed by atoms with van der Waals surface area (Å²) in [5.74, 6) is 0.841. The quantitative estimate of drug-likeness (QED) is 0.485. The molecule has 1 aliphatic heterocycles. The van der Waals surface area contributed by atoms with Gasteiger partial charge in [-0.05, 0) is 56.1 Å². The average Bonchev–Trinajstić information content (AvgIpc) is 3.35. The number of carbonyl (C=O) groups excluding carboxylic acids is 1. The highest BCUT2D eigenvalue weighted by Gasteiger charge is 2.30. The lowest BCUT2D eigenvalue weighted by molar-refractivity contribution is 0.0913. The van der Waals surface area contributed by atoms with Crippen molar-refractivity contribution in [3.05, 3.63) is 56.4 Å². The fraction of sp³-hybridized carbons (Fsp3) is 0.522. The second kappa shape index (κ2) is 9.94. The Morgan fingerprint density at radius 3 is 2.57 bits per heavy atom. The minimum Gasteiger partial charge on any atom is -0.392 e. The Morgan fingerprint density at radius 1 is 1.14 bits per heavy atom. The molecule has 3 aromatic heterocycles. The maximum Gasteiger partial charge on any atom is 0.333 e. The summed E-state index contributed by atoms with van der Waals surface area (Å²) in [5, 5.41) is 18.9. The van der Waals surface area contributed by atoms with E-state index in [4.69, 9.17) is 0 Å². The number of hydrogen-bond donors (Lipinski definition) is 3. The van der Waals surface area contributed by atoms with Crippen molar-refractivity contribution in [2.24, 2.45) is 0 Å². The number of fused-ring (bicyclic) bond motifs is 1. The zero-order valence-corrected chi connectivity index (χ0v) is 19.9. The number of thioether (sulfide) groups is 1. The molecule has 0 bridgehead atoms. The molecule has 2 fully saturated rings. The van der Waals surface area contributed by atoms with Crippen LogP contribution in [0.15, 0.2) is 28.0 Å². The Labute approximate surface area is 203 Å². The Morgan fingerprint density at radius 2 is 1.86 bits per heavy atom. The number of aliphatic hydroxyl groups excluding tert-OH is 1. The van der Waals surface area contributed by atoms with Gasteiger partial charge in [-0.3, -0.25) is 23.8 Å². The first-order valence-corrected chi connectivity index (χ1v) is 13.0. The van der Waals surface area contributed by atoms with E-state index in [-0.39, 0.29) is 47.4 Å². The lowest BCUT2D eigenvalue weighted by Crippen LogP contribution is -2.46. The number of amides is 1. The third-order valence-electron chi connectivity index (χ3n) is 6.98. The molecule has 35 heavy (non-hydrogen) atoms. The molecule has 2 aliphatic rings. The van der Waals surface area contributed by atoms with E-state index in [2.05, 4.69) is 20.5 Å². The first-order chi connectivity index (χ1) is 17.0. The van der Waals surface area contributed by atoms with Gasteiger partial charge in [-0.15, -0.1) is 0 Å². The van der Waals surface area contributed by atoms with Crippen molar-refractivity contribution in [2.75, 3.05) is 11.5 Å². The summed E-state index contributed by atoms with van der Waals surface area (Å²) in [7, 11) is 0. The van der Waals surface area contributed by atoms with Gasteiger partial charge in [0.25, 0.3) is 11.5 Å². The predicted octanol–water partition coefficient (Wildman–Crippen LogP) is 1.89. The smallest absolute Gasteiger partial charge is 0.333 e. The number of halogens is 1. The van der Waals surface area contributed by atoms with E-state index >= 15 is 0 Å². The predicted molar refractivity (Wildman–Crippen MR) is 129 cm³/mol. The maximum absolute atomic E-state index is 14.0. The van der Waals surface area contributed by atoms with Gasteiger partial charge < -0.3 is 10.4 Å². The van der Waals surface area contributed by atoms with Gasteiger partial charge in [0.2, 0.25) is 0 Å². The summed E-state index contributed by atoms with van der Waals surface area (Å²) in [4.78, 5) is 43.7. The second-order valence-electron chi connectivity index (χ2n) is 9.09. The van der Waals surface area contributed by atoms with E-state index in [9.17, 15) is 23.9 Å². The fourth-order valence-corrected chi connectivity index (χ4v) is 6.24. The van der Waals surface area contributed by atoms with Crippen LogP contribution in [0.2, 0.25) is 0 Å². The number of nitrogens with zero attached hydrogens (tertiary/aromatic N) is 4. The summed E-state index contributed by atoms with van der Waals surface area (Å²) in [5.41, 5.74) is -0.0934. The van der Waals surface area contributed by atoms with Gasteiger partial charge in [-0.1, -0.05) is 0 Å². The van der Waals surface area contributed by atoms with E-state index < -0.39 is 17.1 Å². The number of aromatic amines is 1. The van der Waals surface area contributed by atoms with Crippen molar-refractivity contribution in [1.29, 1.82) is 0 Å². The van der Waals surface area contributed by atoms with Crippen molar-refractivity contribution in [1.82, 2.24) is 29.6 Å². The minimum atomic E-state index is -0.613. The molecular formula is C23H27FN6O4S. The lowest BCUT2D eigenvalue weighted by Gasteiger charge is -2.31. The number of pyridine rings is 1. The van der Waals surface area contributed by atoms with Gasteiger partial charge in [-0.25, -0.2) is 14.2 Å². The molecule has 1 amide bonds. The molecule has 0 atom stereocenters. The zero-order valence-electron chi connectivity index (χ0n) is 19.1. The third-order valence-corrected chi connectivity index (χ3v) is 8.03.